The molecule has 1 aliphatic rings. The van der Waals surface area contributed by atoms with Crippen LogP contribution in [0.3, 0.4) is 0 Å². The van der Waals surface area contributed by atoms with Crippen LogP contribution in [0.25, 0.3) is 6.08 Å². The van der Waals surface area contributed by atoms with Crippen molar-refractivity contribution in [1.29, 1.82) is 0 Å². The Morgan fingerprint density at radius 2 is 2.19 bits per heavy atom. The van der Waals surface area contributed by atoms with Crippen LogP contribution < -0.4 is 15.8 Å². The molecule has 0 saturated heterocycles. The van der Waals surface area contributed by atoms with Gasteiger partial charge in [0, 0.05) is 11.0 Å². The molecule has 1 aromatic heterocycles. The van der Waals surface area contributed by atoms with E-state index in [1.165, 1.54) is 17.4 Å². The lowest BCUT2D eigenvalue weighted by molar-refractivity contribution is -0.111. The van der Waals surface area contributed by atoms with Gasteiger partial charge in [0.15, 0.2) is 0 Å². The molecule has 1 heterocycles. The Morgan fingerprint density at radius 3 is 2.85 bits per heavy atom. The van der Waals surface area contributed by atoms with Crippen molar-refractivity contribution in [1.82, 2.24) is 0 Å². The molecule has 1 aromatic carbocycles. The summed E-state index contributed by atoms with van der Waals surface area (Å²) in [6.45, 7) is 2.20. The van der Waals surface area contributed by atoms with Crippen LogP contribution in [0.5, 0.6) is 5.75 Å². The second-order valence-corrected chi connectivity index (χ2v) is 8.60. The Morgan fingerprint density at radius 1 is 1.41 bits per heavy atom. The van der Waals surface area contributed by atoms with Crippen molar-refractivity contribution in [3.05, 3.63) is 50.3 Å². The summed E-state index contributed by atoms with van der Waals surface area (Å²) in [7, 11) is 1.60. The Labute approximate surface area is 170 Å². The number of carbonyl (C=O) groups is 2. The molecule has 1 atom stereocenters. The number of carbonyl (C=O) groups excluding carboxylic acids is 2. The molecule has 0 saturated carbocycles. The molecule has 3 N–H and O–H groups in total. The minimum absolute atomic E-state index is 0.295. The molecule has 0 fully saturated rings. The van der Waals surface area contributed by atoms with Gasteiger partial charge in [-0.2, -0.15) is 0 Å². The van der Waals surface area contributed by atoms with Gasteiger partial charge < -0.3 is 15.8 Å². The van der Waals surface area contributed by atoms with Crippen LogP contribution in [0, 0.1) is 5.92 Å². The van der Waals surface area contributed by atoms with Gasteiger partial charge in [0.2, 0.25) is 5.91 Å². The van der Waals surface area contributed by atoms with Crippen molar-refractivity contribution in [3.63, 3.8) is 0 Å². The fourth-order valence-electron chi connectivity index (χ4n) is 3.21. The molecule has 0 aliphatic heterocycles. The van der Waals surface area contributed by atoms with Crippen molar-refractivity contribution in [2.75, 3.05) is 12.4 Å². The van der Waals surface area contributed by atoms with E-state index in [2.05, 4.69) is 28.2 Å². The summed E-state index contributed by atoms with van der Waals surface area (Å²) in [4.78, 5) is 25.5. The second-order valence-electron chi connectivity index (χ2n) is 6.64. The standard InChI is InChI=1S/C20H21BrN2O3S/c1-11-3-6-13-16(9-11)27-20(18(13)19(22)25)23-17(24)8-5-12-4-7-15(26-2)14(21)10-12/h4-5,7-8,10-11H,3,6,9H2,1-2H3,(H2,22,25)(H,23,24)/b8-5+. The van der Waals surface area contributed by atoms with Gasteiger partial charge in [-0.3, -0.25) is 9.59 Å². The highest BCUT2D eigenvalue weighted by atomic mass is 79.9. The highest BCUT2D eigenvalue weighted by Gasteiger charge is 2.26. The van der Waals surface area contributed by atoms with Gasteiger partial charge in [0.1, 0.15) is 10.8 Å². The number of hydrogen-bond acceptors (Lipinski definition) is 4. The molecule has 1 aliphatic carbocycles. The fourth-order valence-corrected chi connectivity index (χ4v) is 5.19. The fraction of sp³-hybridized carbons (Fsp3) is 0.300. The average molecular weight is 449 g/mol. The number of anilines is 1. The van der Waals surface area contributed by atoms with Crippen LogP contribution >= 0.6 is 27.3 Å². The Bertz CT molecular complexity index is 920. The first-order valence-corrected chi connectivity index (χ1v) is 10.3. The third kappa shape index (κ3) is 4.42. The molecule has 2 amide bonds. The maximum absolute atomic E-state index is 12.4. The quantitative estimate of drug-likeness (QED) is 0.665. The topological polar surface area (TPSA) is 81.4 Å². The van der Waals surface area contributed by atoms with Gasteiger partial charge in [-0.05, 0) is 70.4 Å². The average Bonchev–Trinajstić information content (AvgIpc) is 2.97. The smallest absolute Gasteiger partial charge is 0.251 e. The SMILES string of the molecule is COc1ccc(/C=C/C(=O)Nc2sc3c(c2C(N)=O)CCC(C)C3)cc1Br. The van der Waals surface area contributed by atoms with E-state index in [0.717, 1.165) is 45.5 Å². The number of nitrogens with two attached hydrogens (primary N) is 1. The van der Waals surface area contributed by atoms with Crippen LogP contribution in [0.4, 0.5) is 5.00 Å². The first kappa shape index (κ1) is 19.6. The summed E-state index contributed by atoms with van der Waals surface area (Å²) in [6.07, 6.45) is 5.94. The van der Waals surface area contributed by atoms with Crippen molar-refractivity contribution in [3.8, 4) is 5.75 Å². The van der Waals surface area contributed by atoms with E-state index in [-0.39, 0.29) is 5.91 Å². The number of thiophene rings is 1. The maximum atomic E-state index is 12.4. The highest BCUT2D eigenvalue weighted by molar-refractivity contribution is 9.10. The number of ether oxygens (including phenoxy) is 1. The molecule has 142 valence electrons. The van der Waals surface area contributed by atoms with Gasteiger partial charge in [-0.25, -0.2) is 0 Å². The third-order valence-electron chi connectivity index (χ3n) is 4.60. The zero-order chi connectivity index (χ0) is 19.6. The zero-order valence-corrected chi connectivity index (χ0v) is 17.6. The lowest BCUT2D eigenvalue weighted by atomic mass is 9.88. The number of benzene rings is 1. The van der Waals surface area contributed by atoms with E-state index in [0.29, 0.717) is 16.5 Å². The van der Waals surface area contributed by atoms with Gasteiger partial charge in [-0.15, -0.1) is 11.3 Å². The molecule has 1 unspecified atom stereocenters. The van der Waals surface area contributed by atoms with Gasteiger partial charge in [0.05, 0.1) is 17.1 Å². The first-order valence-electron chi connectivity index (χ1n) is 8.66. The molecule has 5 nitrogen and oxygen atoms in total. The number of primary amides is 1. The van der Waals surface area contributed by atoms with E-state index in [1.54, 1.807) is 13.2 Å². The van der Waals surface area contributed by atoms with Gasteiger partial charge >= 0.3 is 0 Å². The predicted molar refractivity (Wildman–Crippen MR) is 112 cm³/mol. The summed E-state index contributed by atoms with van der Waals surface area (Å²) in [5.41, 5.74) is 7.91. The number of methoxy groups -OCH3 is 1. The molecule has 0 bridgehead atoms. The lowest BCUT2D eigenvalue weighted by Gasteiger charge is -2.18. The number of amides is 2. The number of fused-ring (bicyclic) bond motifs is 1. The molecular weight excluding hydrogens is 428 g/mol. The van der Waals surface area contributed by atoms with Crippen molar-refractivity contribution in [2.45, 2.75) is 26.2 Å². The maximum Gasteiger partial charge on any atom is 0.251 e. The molecule has 2 aromatic rings. The Kier molecular flexibility index (Phi) is 6.01. The molecule has 0 spiro atoms. The van der Waals surface area contributed by atoms with Crippen LogP contribution in [0.2, 0.25) is 0 Å². The van der Waals surface area contributed by atoms with Crippen LogP contribution in [-0.4, -0.2) is 18.9 Å². The van der Waals surface area contributed by atoms with Crippen molar-refractivity contribution < 1.29 is 14.3 Å². The largest absolute Gasteiger partial charge is 0.496 e. The second kappa shape index (κ2) is 8.27. The van der Waals surface area contributed by atoms with Crippen molar-refractivity contribution in [2.24, 2.45) is 11.7 Å². The molecule has 3 rings (SSSR count). The van der Waals surface area contributed by atoms with E-state index in [4.69, 9.17) is 10.5 Å². The summed E-state index contributed by atoms with van der Waals surface area (Å²) in [5.74, 6) is 0.520. The number of hydrogen-bond donors (Lipinski definition) is 2. The van der Waals surface area contributed by atoms with Crippen LogP contribution in [-0.2, 0) is 17.6 Å². The Balaban J connectivity index is 1.78. The van der Waals surface area contributed by atoms with Crippen molar-refractivity contribution >= 4 is 50.2 Å². The van der Waals surface area contributed by atoms with Crippen LogP contribution in [0.1, 0.15) is 39.7 Å². The van der Waals surface area contributed by atoms with Gasteiger partial charge in [-0.1, -0.05) is 13.0 Å². The first-order chi connectivity index (χ1) is 12.9. The third-order valence-corrected chi connectivity index (χ3v) is 6.39. The van der Waals surface area contributed by atoms with Gasteiger partial charge in [0.25, 0.3) is 5.91 Å². The highest BCUT2D eigenvalue weighted by Crippen LogP contribution is 2.39. The predicted octanol–water partition coefficient (Wildman–Crippen LogP) is 4.39. The van der Waals surface area contributed by atoms with E-state index < -0.39 is 5.91 Å². The van der Waals surface area contributed by atoms with Crippen LogP contribution in [0.15, 0.2) is 28.7 Å². The molecular formula is C20H21BrN2O3S. The minimum Gasteiger partial charge on any atom is -0.496 e. The monoisotopic (exact) mass is 448 g/mol. The van der Waals surface area contributed by atoms with E-state index in [9.17, 15) is 9.59 Å². The lowest BCUT2D eigenvalue weighted by Crippen LogP contribution is -2.18. The summed E-state index contributed by atoms with van der Waals surface area (Å²) in [5, 5.41) is 3.38. The summed E-state index contributed by atoms with van der Waals surface area (Å²) < 4.78 is 6.00. The minimum atomic E-state index is -0.486. The number of halogens is 1. The number of nitrogens with one attached hydrogen (secondary N) is 1. The van der Waals surface area contributed by atoms with E-state index >= 15 is 0 Å². The summed E-state index contributed by atoms with van der Waals surface area (Å²) >= 11 is 4.88. The summed E-state index contributed by atoms with van der Waals surface area (Å²) in [6, 6.07) is 5.54. The Hall–Kier alpha value is -2.12. The molecule has 0 radical (unpaired) electrons. The normalized spacial score (nSPS) is 16.2. The molecule has 27 heavy (non-hydrogen) atoms. The zero-order valence-electron chi connectivity index (χ0n) is 15.2. The number of rotatable bonds is 5. The molecule has 7 heteroatoms. The van der Waals surface area contributed by atoms with E-state index in [1.807, 2.05) is 18.2 Å².